The second-order valence-corrected chi connectivity index (χ2v) is 2.98. The fourth-order valence-electron chi connectivity index (χ4n) is 1.18. The minimum atomic E-state index is 0.713. The van der Waals surface area contributed by atoms with Crippen LogP contribution in [-0.4, -0.2) is 0 Å². The molecule has 3 heteroatoms. The van der Waals surface area contributed by atoms with Crippen LogP contribution in [0.3, 0.4) is 0 Å². The number of allylic oxidation sites excluding steroid dienone is 2. The normalized spacial score (nSPS) is 23.8. The number of hydrogen-bond acceptors (Lipinski definition) is 2. The predicted molar refractivity (Wildman–Crippen MR) is 38.0 cm³/mol. The Morgan fingerprint density at radius 2 is 2.10 bits per heavy atom. The van der Waals surface area contributed by atoms with Gasteiger partial charge in [0.15, 0.2) is 0 Å². The lowest BCUT2D eigenvalue weighted by Gasteiger charge is -1.91. The van der Waals surface area contributed by atoms with E-state index in [0.29, 0.717) is 5.92 Å². The van der Waals surface area contributed by atoms with Crippen LogP contribution in [-0.2, 0) is 0 Å². The second-order valence-electron chi connectivity index (χ2n) is 2.98. The van der Waals surface area contributed by atoms with Crippen molar-refractivity contribution >= 4 is 0 Å². The Balaban J connectivity index is 2.14. The predicted octanol–water partition coefficient (Wildman–Crippen LogP) is 1.77. The summed E-state index contributed by atoms with van der Waals surface area (Å²) in [4.78, 5) is 0. The highest BCUT2D eigenvalue weighted by molar-refractivity contribution is 5.28. The van der Waals surface area contributed by atoms with E-state index >= 15 is 0 Å². The molecular formula is C7H11N3. The van der Waals surface area contributed by atoms with Gasteiger partial charge < -0.3 is 5.84 Å². The van der Waals surface area contributed by atoms with Crippen molar-refractivity contribution in [2.75, 3.05) is 0 Å². The average molecular weight is 137 g/mol. The van der Waals surface area contributed by atoms with Crippen molar-refractivity contribution in [2.24, 2.45) is 22.1 Å². The van der Waals surface area contributed by atoms with Gasteiger partial charge in [-0.15, -0.1) is 5.11 Å². The standard InChI is InChI=1S/C7H11N3/c8-10-9-7(5-1-2-5)6-3-4-6/h5H,1-4H2,(H2,8,9). The van der Waals surface area contributed by atoms with E-state index in [-0.39, 0.29) is 0 Å². The van der Waals surface area contributed by atoms with E-state index in [1.807, 2.05) is 0 Å². The zero-order chi connectivity index (χ0) is 6.97. The molecule has 0 aromatic rings. The van der Waals surface area contributed by atoms with Crippen molar-refractivity contribution in [2.45, 2.75) is 25.7 Å². The van der Waals surface area contributed by atoms with Gasteiger partial charge in [-0.25, -0.2) is 0 Å². The van der Waals surface area contributed by atoms with Crippen molar-refractivity contribution in [3.8, 4) is 0 Å². The minimum absolute atomic E-state index is 0.713. The van der Waals surface area contributed by atoms with Gasteiger partial charge in [-0.3, -0.25) is 0 Å². The van der Waals surface area contributed by atoms with Gasteiger partial charge in [0, 0.05) is 5.92 Å². The van der Waals surface area contributed by atoms with Crippen LogP contribution in [0.15, 0.2) is 21.6 Å². The number of rotatable bonds is 2. The Morgan fingerprint density at radius 3 is 2.50 bits per heavy atom. The summed E-state index contributed by atoms with van der Waals surface area (Å²) in [6, 6.07) is 0. The lowest BCUT2D eigenvalue weighted by atomic mass is 10.3. The van der Waals surface area contributed by atoms with Crippen molar-refractivity contribution in [1.29, 1.82) is 0 Å². The van der Waals surface area contributed by atoms with E-state index in [9.17, 15) is 0 Å². The summed E-state index contributed by atoms with van der Waals surface area (Å²) in [6.45, 7) is 0. The number of nitrogens with two attached hydrogens (primary N) is 1. The van der Waals surface area contributed by atoms with Crippen LogP contribution in [0.4, 0.5) is 0 Å². The smallest absolute Gasteiger partial charge is 0.0670 e. The Hall–Kier alpha value is -0.860. The second kappa shape index (κ2) is 2.08. The maximum absolute atomic E-state index is 4.98. The first-order valence-electron chi connectivity index (χ1n) is 3.74. The van der Waals surface area contributed by atoms with Crippen LogP contribution >= 0.6 is 0 Å². The average Bonchev–Trinajstić information content (AvgIpc) is 2.77. The molecule has 0 amide bonds. The molecule has 0 aromatic heterocycles. The third-order valence-electron chi connectivity index (χ3n) is 1.99. The summed E-state index contributed by atoms with van der Waals surface area (Å²) >= 11 is 0. The summed E-state index contributed by atoms with van der Waals surface area (Å²) in [5, 5.41) is 7.26. The number of hydrogen-bond donors (Lipinski definition) is 1. The molecule has 0 bridgehead atoms. The molecule has 0 aromatic carbocycles. The lowest BCUT2D eigenvalue weighted by Crippen LogP contribution is -1.83. The lowest BCUT2D eigenvalue weighted by molar-refractivity contribution is 0.888. The Kier molecular flexibility index (Phi) is 1.22. The summed E-state index contributed by atoms with van der Waals surface area (Å²) in [6.07, 6.45) is 5.03. The first-order valence-corrected chi connectivity index (χ1v) is 3.74. The Bertz CT molecular complexity index is 195. The molecule has 0 unspecified atom stereocenters. The van der Waals surface area contributed by atoms with Crippen molar-refractivity contribution in [3.63, 3.8) is 0 Å². The van der Waals surface area contributed by atoms with E-state index in [4.69, 9.17) is 5.84 Å². The molecule has 0 aliphatic heterocycles. The molecule has 3 nitrogen and oxygen atoms in total. The molecule has 0 atom stereocenters. The monoisotopic (exact) mass is 137 g/mol. The molecule has 2 aliphatic carbocycles. The summed E-state index contributed by atoms with van der Waals surface area (Å²) < 4.78 is 0. The van der Waals surface area contributed by atoms with Crippen LogP contribution in [0.25, 0.3) is 0 Å². The van der Waals surface area contributed by atoms with Gasteiger partial charge in [-0.05, 0) is 31.3 Å². The summed E-state index contributed by atoms with van der Waals surface area (Å²) in [5.41, 5.74) is 2.68. The molecule has 2 saturated carbocycles. The quantitative estimate of drug-likeness (QED) is 0.352. The Labute approximate surface area is 60.0 Å². The van der Waals surface area contributed by atoms with E-state index in [2.05, 4.69) is 10.3 Å². The molecule has 2 aliphatic rings. The van der Waals surface area contributed by atoms with E-state index < -0.39 is 0 Å². The van der Waals surface area contributed by atoms with E-state index in [1.165, 1.54) is 37.0 Å². The van der Waals surface area contributed by atoms with Crippen LogP contribution in [0.2, 0.25) is 0 Å². The molecule has 10 heavy (non-hydrogen) atoms. The summed E-state index contributed by atoms with van der Waals surface area (Å²) in [5.74, 6) is 5.70. The molecule has 0 saturated heterocycles. The van der Waals surface area contributed by atoms with Crippen LogP contribution in [0.5, 0.6) is 0 Å². The van der Waals surface area contributed by atoms with Gasteiger partial charge >= 0.3 is 0 Å². The third kappa shape index (κ3) is 1.03. The highest BCUT2D eigenvalue weighted by atomic mass is 15.3. The summed E-state index contributed by atoms with van der Waals surface area (Å²) in [7, 11) is 0. The molecule has 2 rings (SSSR count). The van der Waals surface area contributed by atoms with Gasteiger partial charge in [0.05, 0.1) is 5.70 Å². The van der Waals surface area contributed by atoms with Gasteiger partial charge in [-0.1, -0.05) is 5.22 Å². The highest BCUT2D eigenvalue weighted by Crippen LogP contribution is 2.45. The third-order valence-corrected chi connectivity index (χ3v) is 1.99. The number of nitrogens with zero attached hydrogens (tertiary/aromatic N) is 2. The zero-order valence-electron chi connectivity index (χ0n) is 5.88. The topological polar surface area (TPSA) is 50.7 Å². The van der Waals surface area contributed by atoms with Crippen molar-refractivity contribution < 1.29 is 0 Å². The highest BCUT2D eigenvalue weighted by Gasteiger charge is 2.31. The van der Waals surface area contributed by atoms with E-state index in [1.54, 1.807) is 0 Å². The van der Waals surface area contributed by atoms with Gasteiger partial charge in [0.1, 0.15) is 0 Å². The molecule has 2 fully saturated rings. The zero-order valence-corrected chi connectivity index (χ0v) is 5.88. The Morgan fingerprint density at radius 1 is 1.40 bits per heavy atom. The van der Waals surface area contributed by atoms with Gasteiger partial charge in [0.2, 0.25) is 0 Å². The van der Waals surface area contributed by atoms with Crippen molar-refractivity contribution in [3.05, 3.63) is 11.3 Å². The van der Waals surface area contributed by atoms with Crippen LogP contribution in [0, 0.1) is 5.92 Å². The molecule has 0 spiro atoms. The maximum atomic E-state index is 4.98. The molecular weight excluding hydrogens is 126 g/mol. The molecule has 0 radical (unpaired) electrons. The molecule has 54 valence electrons. The first-order chi connectivity index (χ1) is 4.92. The van der Waals surface area contributed by atoms with Crippen molar-refractivity contribution in [1.82, 2.24) is 0 Å². The first kappa shape index (κ1) is 5.89. The fraction of sp³-hybridized carbons (Fsp3) is 0.714. The molecule has 2 N–H and O–H groups in total. The SMILES string of the molecule is NN=NC(=C1CC1)C1CC1. The minimum Gasteiger partial charge on any atom is -0.305 e. The van der Waals surface area contributed by atoms with Gasteiger partial charge in [0.25, 0.3) is 0 Å². The largest absolute Gasteiger partial charge is 0.305 e. The maximum Gasteiger partial charge on any atom is 0.0670 e. The fourth-order valence-corrected chi connectivity index (χ4v) is 1.18. The van der Waals surface area contributed by atoms with Crippen LogP contribution < -0.4 is 5.84 Å². The van der Waals surface area contributed by atoms with Crippen LogP contribution in [0.1, 0.15) is 25.7 Å². The van der Waals surface area contributed by atoms with E-state index in [0.717, 1.165) is 0 Å². The van der Waals surface area contributed by atoms with Gasteiger partial charge in [-0.2, -0.15) is 0 Å². The molecule has 0 heterocycles.